The van der Waals surface area contributed by atoms with Crippen LogP contribution in [-0.4, -0.2) is 52.1 Å². The molecule has 6 N–H and O–H groups in total. The van der Waals surface area contributed by atoms with Gasteiger partial charge in [-0.2, -0.15) is 0 Å². The van der Waals surface area contributed by atoms with E-state index >= 15 is 0 Å². The minimum absolute atomic E-state index is 0.122. The minimum atomic E-state index is -1.34. The summed E-state index contributed by atoms with van der Waals surface area (Å²) in [6.07, 6.45) is -0.0684. The first-order valence-electron chi connectivity index (χ1n) is 8.32. The van der Waals surface area contributed by atoms with Crippen LogP contribution in [0.3, 0.4) is 0 Å². The third-order valence-electron chi connectivity index (χ3n) is 4.08. The Kier molecular flexibility index (Phi) is 9.73. The second-order valence-electron chi connectivity index (χ2n) is 6.47. The van der Waals surface area contributed by atoms with Gasteiger partial charge in [-0.05, 0) is 18.3 Å². The van der Waals surface area contributed by atoms with Crippen molar-refractivity contribution in [2.75, 3.05) is 0 Å². The van der Waals surface area contributed by atoms with Gasteiger partial charge in [0.05, 0.1) is 6.04 Å². The van der Waals surface area contributed by atoms with Crippen LogP contribution in [0.25, 0.3) is 0 Å². The summed E-state index contributed by atoms with van der Waals surface area (Å²) in [7, 11) is 0. The van der Waals surface area contributed by atoms with Crippen LogP contribution in [0.4, 0.5) is 0 Å². The second kappa shape index (κ2) is 10.7. The number of carboxylic acid groups (broad SMARTS) is 2. The Morgan fingerprint density at radius 2 is 1.56 bits per heavy atom. The summed E-state index contributed by atoms with van der Waals surface area (Å²) in [6, 6.07) is -3.08. The van der Waals surface area contributed by atoms with E-state index in [0.717, 1.165) is 0 Å². The highest BCUT2D eigenvalue weighted by Crippen LogP contribution is 2.10. The summed E-state index contributed by atoms with van der Waals surface area (Å²) < 4.78 is 0. The Balaban J connectivity index is 5.12. The van der Waals surface area contributed by atoms with Crippen LogP contribution >= 0.6 is 0 Å². The number of carbonyl (C=O) groups is 4. The van der Waals surface area contributed by atoms with Gasteiger partial charge in [0.25, 0.3) is 0 Å². The fourth-order valence-corrected chi connectivity index (χ4v) is 2.04. The SMILES string of the molecule is CC[C@H](C)[C@H](NC(=O)[C@@H](N)C(C)C)C(=O)N[C@@H](CCC(=O)O)C(=O)O. The number of carbonyl (C=O) groups excluding carboxylic acids is 2. The summed E-state index contributed by atoms with van der Waals surface area (Å²) in [5.41, 5.74) is 5.78. The Morgan fingerprint density at radius 3 is 1.96 bits per heavy atom. The molecule has 0 saturated heterocycles. The van der Waals surface area contributed by atoms with Gasteiger partial charge in [-0.3, -0.25) is 14.4 Å². The fourth-order valence-electron chi connectivity index (χ4n) is 2.04. The van der Waals surface area contributed by atoms with Crippen LogP contribution in [-0.2, 0) is 19.2 Å². The van der Waals surface area contributed by atoms with Gasteiger partial charge in [-0.25, -0.2) is 4.79 Å². The normalized spacial score (nSPS) is 15.8. The second-order valence-corrected chi connectivity index (χ2v) is 6.47. The molecule has 0 aromatic carbocycles. The lowest BCUT2D eigenvalue weighted by Gasteiger charge is -2.27. The predicted octanol–water partition coefficient (Wildman–Crippen LogP) is -0.0652. The molecule has 0 heterocycles. The molecule has 0 radical (unpaired) electrons. The van der Waals surface area contributed by atoms with Crippen molar-refractivity contribution in [1.29, 1.82) is 0 Å². The molecule has 25 heavy (non-hydrogen) atoms. The molecule has 0 rings (SSSR count). The smallest absolute Gasteiger partial charge is 0.326 e. The maximum atomic E-state index is 12.5. The van der Waals surface area contributed by atoms with E-state index < -0.39 is 48.3 Å². The van der Waals surface area contributed by atoms with Crippen molar-refractivity contribution in [3.8, 4) is 0 Å². The summed E-state index contributed by atoms with van der Waals surface area (Å²) in [4.78, 5) is 46.4. The molecule has 0 spiro atoms. The molecule has 9 nitrogen and oxygen atoms in total. The first kappa shape index (κ1) is 22.8. The van der Waals surface area contributed by atoms with E-state index in [1.807, 2.05) is 6.92 Å². The van der Waals surface area contributed by atoms with Gasteiger partial charge in [-0.1, -0.05) is 34.1 Å². The molecule has 0 aliphatic heterocycles. The summed E-state index contributed by atoms with van der Waals surface area (Å²) >= 11 is 0. The number of hydrogen-bond donors (Lipinski definition) is 5. The Morgan fingerprint density at radius 1 is 1.00 bits per heavy atom. The van der Waals surface area contributed by atoms with E-state index in [1.165, 1.54) is 0 Å². The Hall–Kier alpha value is -2.16. The summed E-state index contributed by atoms with van der Waals surface area (Å²) in [5, 5.41) is 22.7. The molecule has 0 bridgehead atoms. The highest BCUT2D eigenvalue weighted by Gasteiger charge is 2.31. The van der Waals surface area contributed by atoms with E-state index in [1.54, 1.807) is 20.8 Å². The number of nitrogens with one attached hydrogen (secondary N) is 2. The van der Waals surface area contributed by atoms with Gasteiger partial charge in [-0.15, -0.1) is 0 Å². The van der Waals surface area contributed by atoms with Crippen LogP contribution in [0.5, 0.6) is 0 Å². The lowest BCUT2D eigenvalue weighted by atomic mass is 9.96. The zero-order valence-electron chi connectivity index (χ0n) is 15.1. The van der Waals surface area contributed by atoms with Gasteiger partial charge in [0.2, 0.25) is 11.8 Å². The third kappa shape index (κ3) is 7.97. The molecule has 0 fully saturated rings. The standard InChI is InChI=1S/C16H29N3O6/c1-5-9(4)13(19-14(22)12(17)8(2)3)15(23)18-10(16(24)25)6-7-11(20)21/h8-10,12-13H,5-7,17H2,1-4H3,(H,18,23)(H,19,22)(H,20,21)(H,24,25)/t9-,10-,12-,13-/m0/s1. The summed E-state index contributed by atoms with van der Waals surface area (Å²) in [5.74, 6) is -4.03. The van der Waals surface area contributed by atoms with Crippen LogP contribution in [0, 0.1) is 11.8 Å². The number of amides is 2. The van der Waals surface area contributed by atoms with Gasteiger partial charge < -0.3 is 26.6 Å². The molecule has 2 amide bonds. The lowest BCUT2D eigenvalue weighted by Crippen LogP contribution is -2.57. The first-order chi connectivity index (χ1) is 11.5. The number of hydrogen-bond acceptors (Lipinski definition) is 5. The molecule has 0 saturated carbocycles. The maximum Gasteiger partial charge on any atom is 0.326 e. The molecule has 9 heteroatoms. The number of aliphatic carboxylic acids is 2. The number of carboxylic acids is 2. The summed E-state index contributed by atoms with van der Waals surface area (Å²) in [6.45, 7) is 7.13. The van der Waals surface area contributed by atoms with E-state index in [0.29, 0.717) is 6.42 Å². The van der Waals surface area contributed by atoms with Crippen molar-refractivity contribution in [2.45, 2.75) is 65.1 Å². The topological polar surface area (TPSA) is 159 Å². The lowest BCUT2D eigenvalue weighted by molar-refractivity contribution is -0.143. The van der Waals surface area contributed by atoms with Crippen LogP contribution in [0.1, 0.15) is 47.0 Å². The van der Waals surface area contributed by atoms with Crippen LogP contribution < -0.4 is 16.4 Å². The van der Waals surface area contributed by atoms with E-state index in [4.69, 9.17) is 15.9 Å². The predicted molar refractivity (Wildman–Crippen MR) is 90.6 cm³/mol. The van der Waals surface area contributed by atoms with E-state index in [9.17, 15) is 19.2 Å². The van der Waals surface area contributed by atoms with Crippen molar-refractivity contribution in [3.63, 3.8) is 0 Å². The number of nitrogens with two attached hydrogens (primary N) is 1. The Bertz CT molecular complexity index is 494. The van der Waals surface area contributed by atoms with Crippen molar-refractivity contribution < 1.29 is 29.4 Å². The molecule has 0 aromatic heterocycles. The molecular weight excluding hydrogens is 330 g/mol. The van der Waals surface area contributed by atoms with Crippen molar-refractivity contribution in [1.82, 2.24) is 10.6 Å². The zero-order valence-corrected chi connectivity index (χ0v) is 15.1. The molecule has 0 aliphatic rings. The third-order valence-corrected chi connectivity index (χ3v) is 4.08. The molecule has 4 atom stereocenters. The zero-order chi connectivity index (χ0) is 19.7. The number of rotatable bonds is 11. The molecule has 144 valence electrons. The van der Waals surface area contributed by atoms with Crippen molar-refractivity contribution >= 4 is 23.8 Å². The average Bonchev–Trinajstić information content (AvgIpc) is 2.53. The largest absolute Gasteiger partial charge is 0.481 e. The van der Waals surface area contributed by atoms with Crippen molar-refractivity contribution in [2.24, 2.45) is 17.6 Å². The van der Waals surface area contributed by atoms with E-state index in [-0.39, 0.29) is 18.3 Å². The first-order valence-corrected chi connectivity index (χ1v) is 8.32. The van der Waals surface area contributed by atoms with Gasteiger partial charge in [0.1, 0.15) is 12.1 Å². The Labute approximate surface area is 147 Å². The molecule has 0 aromatic rings. The van der Waals surface area contributed by atoms with Gasteiger partial charge in [0, 0.05) is 6.42 Å². The van der Waals surface area contributed by atoms with Gasteiger partial charge in [0.15, 0.2) is 0 Å². The van der Waals surface area contributed by atoms with Gasteiger partial charge >= 0.3 is 11.9 Å². The highest BCUT2D eigenvalue weighted by atomic mass is 16.4. The molecular formula is C16H29N3O6. The fraction of sp³-hybridized carbons (Fsp3) is 0.750. The minimum Gasteiger partial charge on any atom is -0.481 e. The maximum absolute atomic E-state index is 12.5. The van der Waals surface area contributed by atoms with E-state index in [2.05, 4.69) is 10.6 Å². The monoisotopic (exact) mass is 359 g/mol. The highest BCUT2D eigenvalue weighted by molar-refractivity contribution is 5.92. The quantitative estimate of drug-likeness (QED) is 0.345. The van der Waals surface area contributed by atoms with Crippen LogP contribution in [0.15, 0.2) is 0 Å². The van der Waals surface area contributed by atoms with Crippen molar-refractivity contribution in [3.05, 3.63) is 0 Å². The molecule has 0 unspecified atom stereocenters. The molecule has 0 aliphatic carbocycles. The van der Waals surface area contributed by atoms with Crippen LogP contribution in [0.2, 0.25) is 0 Å². The average molecular weight is 359 g/mol.